The molecular weight excluding hydrogens is 370 g/mol. The van der Waals surface area contributed by atoms with E-state index in [0.717, 1.165) is 34.6 Å². The summed E-state index contributed by atoms with van der Waals surface area (Å²) in [4.78, 5) is 20.9. The Morgan fingerprint density at radius 2 is 2.11 bits per heavy atom. The zero-order chi connectivity index (χ0) is 19.3. The molecule has 1 aliphatic heterocycles. The van der Waals surface area contributed by atoms with Gasteiger partial charge in [-0.3, -0.25) is 9.69 Å². The number of aryl methyl sites for hydroxylation is 1. The predicted molar refractivity (Wildman–Crippen MR) is 112 cm³/mol. The molecule has 2 N–H and O–H groups in total. The Bertz CT molecular complexity index is 923. The first-order chi connectivity index (χ1) is 13.7. The van der Waals surface area contributed by atoms with Crippen molar-refractivity contribution in [2.75, 3.05) is 19.6 Å². The number of rotatable bonds is 7. The number of aliphatic hydroxyl groups is 1. The number of nitrogens with zero attached hydrogens (tertiary/aromatic N) is 2. The highest BCUT2D eigenvalue weighted by atomic mass is 32.1. The molecule has 1 amide bonds. The molecule has 0 bridgehead atoms. The van der Waals surface area contributed by atoms with Gasteiger partial charge in [-0.2, -0.15) is 0 Å². The highest BCUT2D eigenvalue weighted by Gasteiger charge is 2.18. The normalized spacial score (nSPS) is 15.3. The lowest BCUT2D eigenvalue weighted by Gasteiger charge is -2.30. The van der Waals surface area contributed by atoms with Gasteiger partial charge in [-0.05, 0) is 36.1 Å². The molecule has 5 nitrogen and oxygen atoms in total. The van der Waals surface area contributed by atoms with Crippen LogP contribution in [0.2, 0.25) is 0 Å². The van der Waals surface area contributed by atoms with E-state index >= 15 is 0 Å². The molecule has 0 unspecified atom stereocenters. The maximum absolute atomic E-state index is 12.1. The van der Waals surface area contributed by atoms with Crippen molar-refractivity contribution < 1.29 is 9.90 Å². The quantitative estimate of drug-likeness (QED) is 0.646. The topological polar surface area (TPSA) is 65.5 Å². The van der Waals surface area contributed by atoms with Crippen LogP contribution in [0.3, 0.4) is 0 Å². The van der Waals surface area contributed by atoms with Crippen molar-refractivity contribution >= 4 is 27.5 Å². The van der Waals surface area contributed by atoms with Crippen LogP contribution in [-0.2, 0) is 24.2 Å². The average molecular weight is 396 g/mol. The standard InChI is InChI=1S/C22H25N3O2S/c26-19(15-25-11-9-16-4-1-2-5-18(16)14-25)13-24-21(27)8-7-20-12-17-6-3-10-23-22(17)28-20/h1-6,10,12,19,26H,7-9,11,13-15H2,(H,24,27)/t19-/m0/s1. The Morgan fingerprint density at radius 1 is 1.25 bits per heavy atom. The lowest BCUT2D eigenvalue weighted by Crippen LogP contribution is -2.42. The van der Waals surface area contributed by atoms with Crippen molar-refractivity contribution in [2.24, 2.45) is 0 Å². The molecule has 1 atom stereocenters. The number of nitrogens with one attached hydrogen (secondary N) is 1. The molecule has 28 heavy (non-hydrogen) atoms. The third kappa shape index (κ3) is 4.76. The van der Waals surface area contributed by atoms with Gasteiger partial charge in [0.25, 0.3) is 0 Å². The van der Waals surface area contributed by atoms with Gasteiger partial charge in [0.2, 0.25) is 5.91 Å². The number of pyridine rings is 1. The second-order valence-corrected chi connectivity index (χ2v) is 8.44. The van der Waals surface area contributed by atoms with Crippen molar-refractivity contribution in [1.29, 1.82) is 0 Å². The molecule has 2 aromatic heterocycles. The van der Waals surface area contributed by atoms with Crippen molar-refractivity contribution in [1.82, 2.24) is 15.2 Å². The lowest BCUT2D eigenvalue weighted by atomic mass is 10.00. The number of thiophene rings is 1. The van der Waals surface area contributed by atoms with Gasteiger partial charge in [-0.1, -0.05) is 30.3 Å². The zero-order valence-corrected chi connectivity index (χ0v) is 16.6. The third-order valence-corrected chi connectivity index (χ3v) is 6.28. The molecule has 0 aliphatic carbocycles. The summed E-state index contributed by atoms with van der Waals surface area (Å²) in [6.45, 7) is 2.69. The Labute approximate surface area is 169 Å². The van der Waals surface area contributed by atoms with Crippen LogP contribution in [0.5, 0.6) is 0 Å². The van der Waals surface area contributed by atoms with E-state index in [1.807, 2.05) is 12.1 Å². The van der Waals surface area contributed by atoms with E-state index in [2.05, 4.69) is 45.5 Å². The molecule has 3 aromatic rings. The molecule has 0 fully saturated rings. The number of carbonyl (C=O) groups excluding carboxylic acids is 1. The van der Waals surface area contributed by atoms with Crippen LogP contribution in [0.15, 0.2) is 48.7 Å². The Hall–Kier alpha value is -2.28. The number of β-amino-alcohol motifs (C(OH)–C–C–N with tert-alkyl or cyclic N) is 1. The van der Waals surface area contributed by atoms with Crippen LogP contribution in [0.4, 0.5) is 0 Å². The summed E-state index contributed by atoms with van der Waals surface area (Å²) in [5.41, 5.74) is 2.74. The van der Waals surface area contributed by atoms with E-state index in [9.17, 15) is 9.90 Å². The minimum atomic E-state index is -0.553. The summed E-state index contributed by atoms with van der Waals surface area (Å²) in [5, 5.41) is 14.3. The van der Waals surface area contributed by atoms with E-state index in [1.54, 1.807) is 17.5 Å². The third-order valence-electron chi connectivity index (χ3n) is 5.16. The van der Waals surface area contributed by atoms with Crippen molar-refractivity contribution in [3.8, 4) is 0 Å². The lowest BCUT2D eigenvalue weighted by molar-refractivity contribution is -0.121. The summed E-state index contributed by atoms with van der Waals surface area (Å²) < 4.78 is 0. The summed E-state index contributed by atoms with van der Waals surface area (Å²) in [6, 6.07) is 14.5. The monoisotopic (exact) mass is 395 g/mol. The summed E-state index contributed by atoms with van der Waals surface area (Å²) in [6.07, 6.45) is 3.38. The van der Waals surface area contributed by atoms with Crippen LogP contribution in [-0.4, -0.2) is 46.6 Å². The van der Waals surface area contributed by atoms with Crippen LogP contribution in [0, 0.1) is 0 Å². The number of hydrogen-bond acceptors (Lipinski definition) is 5. The van der Waals surface area contributed by atoms with E-state index in [1.165, 1.54) is 11.1 Å². The SMILES string of the molecule is O=C(CCc1cc2cccnc2s1)NC[C@H](O)CN1CCc2ccccc2C1. The Morgan fingerprint density at radius 3 is 2.96 bits per heavy atom. The largest absolute Gasteiger partial charge is 0.390 e. The minimum absolute atomic E-state index is 0.0199. The average Bonchev–Trinajstić information content (AvgIpc) is 3.14. The second-order valence-electron chi connectivity index (χ2n) is 7.32. The number of fused-ring (bicyclic) bond motifs is 2. The van der Waals surface area contributed by atoms with Crippen LogP contribution in [0.1, 0.15) is 22.4 Å². The highest BCUT2D eigenvalue weighted by Crippen LogP contribution is 2.24. The minimum Gasteiger partial charge on any atom is -0.390 e. The van der Waals surface area contributed by atoms with Crippen molar-refractivity contribution in [2.45, 2.75) is 31.9 Å². The molecule has 0 spiro atoms. The van der Waals surface area contributed by atoms with Gasteiger partial charge in [0.1, 0.15) is 4.83 Å². The molecule has 0 saturated carbocycles. The zero-order valence-electron chi connectivity index (χ0n) is 15.8. The van der Waals surface area contributed by atoms with E-state index < -0.39 is 6.10 Å². The number of benzene rings is 1. The molecule has 6 heteroatoms. The Kier molecular flexibility index (Phi) is 6.00. The van der Waals surface area contributed by atoms with E-state index in [0.29, 0.717) is 25.9 Å². The van der Waals surface area contributed by atoms with E-state index in [-0.39, 0.29) is 5.91 Å². The molecule has 1 aliphatic rings. The molecular formula is C22H25N3O2S. The number of aromatic nitrogens is 1. The fourth-order valence-corrected chi connectivity index (χ4v) is 4.67. The highest BCUT2D eigenvalue weighted by molar-refractivity contribution is 7.18. The predicted octanol–water partition coefficient (Wildman–Crippen LogP) is 2.76. The molecule has 146 valence electrons. The fraction of sp³-hybridized carbons (Fsp3) is 0.364. The van der Waals surface area contributed by atoms with Gasteiger partial charge in [0.15, 0.2) is 0 Å². The van der Waals surface area contributed by atoms with Crippen LogP contribution in [0.25, 0.3) is 10.2 Å². The van der Waals surface area contributed by atoms with E-state index in [4.69, 9.17) is 0 Å². The van der Waals surface area contributed by atoms with Gasteiger partial charge < -0.3 is 10.4 Å². The first-order valence-corrected chi connectivity index (χ1v) is 10.6. The number of hydrogen-bond donors (Lipinski definition) is 2. The second kappa shape index (κ2) is 8.82. The molecule has 3 heterocycles. The maximum atomic E-state index is 12.1. The Balaban J connectivity index is 1.19. The fourth-order valence-electron chi connectivity index (χ4n) is 3.68. The molecule has 0 radical (unpaired) electrons. The van der Waals surface area contributed by atoms with Crippen LogP contribution >= 0.6 is 11.3 Å². The summed E-state index contributed by atoms with van der Waals surface area (Å²) in [5.74, 6) is -0.0199. The first kappa shape index (κ1) is 19.1. The van der Waals surface area contributed by atoms with Crippen LogP contribution < -0.4 is 5.32 Å². The molecule has 4 rings (SSSR count). The number of aliphatic hydroxyl groups excluding tert-OH is 1. The van der Waals surface area contributed by atoms with Crippen molar-refractivity contribution in [3.63, 3.8) is 0 Å². The van der Waals surface area contributed by atoms with Gasteiger partial charge in [0.05, 0.1) is 6.10 Å². The number of carbonyl (C=O) groups is 1. The maximum Gasteiger partial charge on any atom is 0.220 e. The van der Waals surface area contributed by atoms with Crippen molar-refractivity contribution in [3.05, 3.63) is 64.7 Å². The summed E-state index contributed by atoms with van der Waals surface area (Å²) >= 11 is 1.63. The smallest absolute Gasteiger partial charge is 0.220 e. The molecule has 0 saturated heterocycles. The van der Waals surface area contributed by atoms with Gasteiger partial charge in [0, 0.05) is 49.1 Å². The molecule has 1 aromatic carbocycles. The van der Waals surface area contributed by atoms with Gasteiger partial charge in [-0.25, -0.2) is 4.98 Å². The first-order valence-electron chi connectivity index (χ1n) is 9.75. The van der Waals surface area contributed by atoms with Gasteiger partial charge >= 0.3 is 0 Å². The van der Waals surface area contributed by atoms with Gasteiger partial charge in [-0.15, -0.1) is 11.3 Å². The summed E-state index contributed by atoms with van der Waals surface area (Å²) in [7, 11) is 0. The number of amides is 1.